The number of hydrogen-bond donors (Lipinski definition) is 0. The summed E-state index contributed by atoms with van der Waals surface area (Å²) in [5.41, 5.74) is -0.105. The second-order valence-electron chi connectivity index (χ2n) is 9.58. The fourth-order valence-corrected chi connectivity index (χ4v) is 7.93. The number of sulfone groups is 1. The molecule has 0 aromatic carbocycles. The molecular weight excluding hydrogens is 403 g/mol. The molecule has 3 aliphatic rings. The molecule has 4 rings (SSSR count). The molecule has 0 N–H and O–H groups in total. The molecule has 0 bridgehead atoms. The van der Waals surface area contributed by atoms with Gasteiger partial charge in [-0.1, -0.05) is 6.42 Å². The van der Waals surface area contributed by atoms with E-state index in [1.165, 1.54) is 6.07 Å². The molecular formula is C20H30F3N3O2S. The van der Waals surface area contributed by atoms with Crippen molar-refractivity contribution in [3.05, 3.63) is 17.5 Å². The van der Waals surface area contributed by atoms with Crippen molar-refractivity contribution in [2.24, 2.45) is 5.41 Å². The lowest BCUT2D eigenvalue weighted by molar-refractivity contribution is -0.141. The van der Waals surface area contributed by atoms with Gasteiger partial charge in [-0.3, -0.25) is 4.68 Å². The highest BCUT2D eigenvalue weighted by Gasteiger charge is 2.50. The number of nitrogens with zero attached hydrogens (tertiary/aromatic N) is 3. The Morgan fingerprint density at radius 1 is 1.17 bits per heavy atom. The minimum atomic E-state index is -4.42. The van der Waals surface area contributed by atoms with Crippen LogP contribution in [-0.2, 0) is 16.0 Å². The van der Waals surface area contributed by atoms with Crippen LogP contribution >= 0.6 is 0 Å². The molecule has 9 heteroatoms. The Kier molecular flexibility index (Phi) is 5.29. The summed E-state index contributed by atoms with van der Waals surface area (Å²) in [7, 11) is -2.82. The van der Waals surface area contributed by atoms with Crippen molar-refractivity contribution in [3.8, 4) is 0 Å². The molecule has 2 saturated heterocycles. The normalized spacial score (nSPS) is 29.9. The number of piperidine rings is 1. The average molecular weight is 434 g/mol. The minimum absolute atomic E-state index is 0.0126. The number of halogens is 3. The van der Waals surface area contributed by atoms with Crippen LogP contribution in [0.1, 0.15) is 75.7 Å². The fourth-order valence-electron chi connectivity index (χ4n) is 5.57. The summed E-state index contributed by atoms with van der Waals surface area (Å²) < 4.78 is 64.4. The van der Waals surface area contributed by atoms with Gasteiger partial charge < -0.3 is 4.90 Å². The Hall–Kier alpha value is -1.09. The summed E-state index contributed by atoms with van der Waals surface area (Å²) >= 11 is 0. The molecule has 3 heterocycles. The van der Waals surface area contributed by atoms with E-state index in [-0.39, 0.29) is 17.4 Å². The standard InChI is InChI=1S/C20H30F3N3O2S/c1-14(2)26-17(11-18(24-26)20(21,22)23)15-4-3-5-16(10-15)25-8-6-19(7-9-25)12-29(27,28)13-19/h11,14-16H,3-10,12-13H2,1-2H3/t15-,16-/m1/s1. The highest BCUT2D eigenvalue weighted by Crippen LogP contribution is 2.45. The Morgan fingerprint density at radius 3 is 2.38 bits per heavy atom. The van der Waals surface area contributed by atoms with E-state index in [1.807, 2.05) is 13.8 Å². The van der Waals surface area contributed by atoms with Crippen molar-refractivity contribution in [1.29, 1.82) is 0 Å². The van der Waals surface area contributed by atoms with Crippen molar-refractivity contribution < 1.29 is 21.6 Å². The quantitative estimate of drug-likeness (QED) is 0.723. The summed E-state index contributed by atoms with van der Waals surface area (Å²) in [6.45, 7) is 5.52. The van der Waals surface area contributed by atoms with Gasteiger partial charge in [0.25, 0.3) is 0 Å². The zero-order valence-electron chi connectivity index (χ0n) is 17.1. The number of alkyl halides is 3. The van der Waals surface area contributed by atoms with Crippen LogP contribution in [0.4, 0.5) is 13.2 Å². The van der Waals surface area contributed by atoms with Crippen LogP contribution in [0.15, 0.2) is 6.07 Å². The zero-order chi connectivity index (χ0) is 21.0. The van der Waals surface area contributed by atoms with Crippen LogP contribution in [0.2, 0.25) is 0 Å². The first-order chi connectivity index (χ1) is 13.5. The van der Waals surface area contributed by atoms with Gasteiger partial charge in [-0.15, -0.1) is 0 Å². The summed E-state index contributed by atoms with van der Waals surface area (Å²) in [6, 6.07) is 1.49. The molecule has 1 saturated carbocycles. The number of aromatic nitrogens is 2. The van der Waals surface area contributed by atoms with E-state index in [0.717, 1.165) is 51.6 Å². The lowest BCUT2D eigenvalue weighted by atomic mass is 9.78. The molecule has 1 spiro atoms. The van der Waals surface area contributed by atoms with Gasteiger partial charge in [0, 0.05) is 29.1 Å². The highest BCUT2D eigenvalue weighted by atomic mass is 32.2. The number of likely N-dealkylation sites (tertiary alicyclic amines) is 1. The van der Waals surface area contributed by atoms with E-state index < -0.39 is 21.7 Å². The second kappa shape index (κ2) is 7.25. The Balaban J connectivity index is 1.45. The van der Waals surface area contributed by atoms with Crippen molar-refractivity contribution in [2.45, 2.75) is 76.6 Å². The van der Waals surface area contributed by atoms with Gasteiger partial charge >= 0.3 is 6.18 Å². The number of rotatable bonds is 3. The van der Waals surface area contributed by atoms with E-state index >= 15 is 0 Å². The molecule has 2 aliphatic heterocycles. The molecule has 1 aromatic heterocycles. The van der Waals surface area contributed by atoms with Crippen LogP contribution in [0, 0.1) is 5.41 Å². The minimum Gasteiger partial charge on any atom is -0.300 e. The van der Waals surface area contributed by atoms with E-state index in [4.69, 9.17) is 0 Å². The van der Waals surface area contributed by atoms with E-state index in [2.05, 4.69) is 10.00 Å². The molecule has 5 nitrogen and oxygen atoms in total. The first-order valence-electron chi connectivity index (χ1n) is 10.6. The molecule has 1 aromatic rings. The van der Waals surface area contributed by atoms with Crippen LogP contribution in [-0.4, -0.2) is 53.7 Å². The third-order valence-corrected chi connectivity index (χ3v) is 9.14. The van der Waals surface area contributed by atoms with Crippen LogP contribution in [0.3, 0.4) is 0 Å². The maximum Gasteiger partial charge on any atom is 0.435 e. The maximum absolute atomic E-state index is 13.2. The van der Waals surface area contributed by atoms with Gasteiger partial charge in [-0.25, -0.2) is 8.42 Å². The van der Waals surface area contributed by atoms with Gasteiger partial charge in [0.15, 0.2) is 15.5 Å². The third-order valence-electron chi connectivity index (χ3n) is 7.04. The van der Waals surface area contributed by atoms with Gasteiger partial charge in [0.2, 0.25) is 0 Å². The third kappa shape index (κ3) is 4.22. The fraction of sp³-hybridized carbons (Fsp3) is 0.850. The van der Waals surface area contributed by atoms with E-state index in [1.54, 1.807) is 4.68 Å². The molecule has 1 aliphatic carbocycles. The Bertz CT molecular complexity index is 841. The zero-order valence-corrected chi connectivity index (χ0v) is 17.9. The molecule has 164 valence electrons. The van der Waals surface area contributed by atoms with Gasteiger partial charge in [0.05, 0.1) is 11.5 Å². The van der Waals surface area contributed by atoms with E-state index in [9.17, 15) is 21.6 Å². The molecule has 0 amide bonds. The maximum atomic E-state index is 13.2. The molecule has 2 atom stereocenters. The summed E-state index contributed by atoms with van der Waals surface area (Å²) in [4.78, 5) is 2.45. The van der Waals surface area contributed by atoms with Gasteiger partial charge in [0.1, 0.15) is 0 Å². The second-order valence-corrected chi connectivity index (χ2v) is 11.6. The average Bonchev–Trinajstić information content (AvgIpc) is 3.07. The molecule has 3 fully saturated rings. The predicted molar refractivity (Wildman–Crippen MR) is 105 cm³/mol. The summed E-state index contributed by atoms with van der Waals surface area (Å²) in [5.74, 6) is 0.740. The first kappa shape index (κ1) is 21.2. The smallest absolute Gasteiger partial charge is 0.300 e. The Labute approximate surface area is 170 Å². The Morgan fingerprint density at radius 2 is 1.83 bits per heavy atom. The highest BCUT2D eigenvalue weighted by molar-refractivity contribution is 7.92. The van der Waals surface area contributed by atoms with Crippen molar-refractivity contribution in [2.75, 3.05) is 24.6 Å². The lowest BCUT2D eigenvalue weighted by Gasteiger charge is -2.49. The van der Waals surface area contributed by atoms with Crippen molar-refractivity contribution in [1.82, 2.24) is 14.7 Å². The first-order valence-corrected chi connectivity index (χ1v) is 12.4. The topological polar surface area (TPSA) is 55.2 Å². The molecule has 29 heavy (non-hydrogen) atoms. The monoisotopic (exact) mass is 433 g/mol. The predicted octanol–water partition coefficient (Wildman–Crippen LogP) is 4.02. The SMILES string of the molecule is CC(C)n1nc(C(F)(F)F)cc1[C@@H]1CCC[C@@H](N2CCC3(CC2)CS(=O)(=O)C3)C1. The van der Waals surface area contributed by atoms with Gasteiger partial charge in [-0.05, 0) is 65.1 Å². The number of hydrogen-bond acceptors (Lipinski definition) is 4. The summed E-state index contributed by atoms with van der Waals surface area (Å²) in [6.07, 6.45) is 1.20. The van der Waals surface area contributed by atoms with Gasteiger partial charge in [-0.2, -0.15) is 18.3 Å². The van der Waals surface area contributed by atoms with Crippen molar-refractivity contribution in [3.63, 3.8) is 0 Å². The molecule has 0 unspecified atom stereocenters. The van der Waals surface area contributed by atoms with Crippen molar-refractivity contribution >= 4 is 9.84 Å². The van der Waals surface area contributed by atoms with Crippen LogP contribution < -0.4 is 0 Å². The van der Waals surface area contributed by atoms with Crippen LogP contribution in [0.5, 0.6) is 0 Å². The largest absolute Gasteiger partial charge is 0.435 e. The summed E-state index contributed by atoms with van der Waals surface area (Å²) in [5, 5.41) is 3.87. The van der Waals surface area contributed by atoms with E-state index in [0.29, 0.717) is 23.2 Å². The lowest BCUT2D eigenvalue weighted by Crippen LogP contribution is -2.56. The van der Waals surface area contributed by atoms with Crippen LogP contribution in [0.25, 0.3) is 0 Å². The molecule has 0 radical (unpaired) electrons.